The molecule has 0 spiro atoms. The largest absolute Gasteiger partial charge is 0.285 e. The van der Waals surface area contributed by atoms with E-state index in [0.717, 1.165) is 38.8 Å². The Hall–Kier alpha value is -0.620. The summed E-state index contributed by atoms with van der Waals surface area (Å²) in [5.41, 5.74) is -0.252. The van der Waals surface area contributed by atoms with Gasteiger partial charge in [-0.15, -0.1) is 0 Å². The molecule has 0 aromatic rings. The lowest BCUT2D eigenvalue weighted by Gasteiger charge is -2.43. The number of likely N-dealkylation sites (tertiary alicyclic amines) is 1. The molecular weight excluding hydrogens is 191 g/mol. The van der Waals surface area contributed by atoms with Crippen LogP contribution in [0.15, 0.2) is 0 Å². The number of hydrogen-bond donors (Lipinski definition) is 0. The molecular formula is C12H19FN2. The smallest absolute Gasteiger partial charge is 0.109 e. The van der Waals surface area contributed by atoms with Crippen LogP contribution in [0.4, 0.5) is 4.39 Å². The van der Waals surface area contributed by atoms with Gasteiger partial charge in [-0.2, -0.15) is 5.26 Å². The molecule has 0 atom stereocenters. The van der Waals surface area contributed by atoms with Gasteiger partial charge in [0.05, 0.1) is 6.07 Å². The summed E-state index contributed by atoms with van der Waals surface area (Å²) >= 11 is 0. The van der Waals surface area contributed by atoms with Gasteiger partial charge >= 0.3 is 0 Å². The summed E-state index contributed by atoms with van der Waals surface area (Å²) in [6.07, 6.45) is 6.13. The Balaban J connectivity index is 2.03. The van der Waals surface area contributed by atoms with Crippen molar-refractivity contribution < 1.29 is 4.39 Å². The van der Waals surface area contributed by atoms with E-state index in [9.17, 15) is 9.65 Å². The number of rotatable bonds is 1. The Kier molecular flexibility index (Phi) is 3.25. The zero-order valence-electron chi connectivity index (χ0n) is 9.21. The van der Waals surface area contributed by atoms with Crippen LogP contribution in [0.5, 0.6) is 0 Å². The number of hydrogen-bond acceptors (Lipinski definition) is 2. The molecule has 1 aliphatic carbocycles. The number of nitriles is 1. The maximum atomic E-state index is 13.0. The van der Waals surface area contributed by atoms with Crippen LogP contribution in [0.25, 0.3) is 0 Å². The number of nitrogens with zero attached hydrogens (tertiary/aromatic N) is 2. The highest BCUT2D eigenvalue weighted by Gasteiger charge is 2.39. The van der Waals surface area contributed by atoms with E-state index in [-0.39, 0.29) is 5.54 Å². The molecule has 1 aliphatic heterocycles. The van der Waals surface area contributed by atoms with Crippen LogP contribution in [-0.4, -0.2) is 29.7 Å². The third-order valence-electron chi connectivity index (χ3n) is 3.92. The van der Waals surface area contributed by atoms with Crippen molar-refractivity contribution in [3.05, 3.63) is 0 Å². The highest BCUT2D eigenvalue weighted by molar-refractivity contribution is 5.10. The van der Waals surface area contributed by atoms with Gasteiger partial charge in [0.15, 0.2) is 0 Å². The Morgan fingerprint density at radius 2 is 1.73 bits per heavy atom. The van der Waals surface area contributed by atoms with E-state index in [1.54, 1.807) is 0 Å². The molecule has 0 amide bonds. The van der Waals surface area contributed by atoms with Crippen LogP contribution in [0.1, 0.15) is 44.9 Å². The predicted octanol–water partition coefficient (Wildman–Crippen LogP) is 2.65. The fraction of sp³-hybridized carbons (Fsp3) is 0.917. The van der Waals surface area contributed by atoms with Crippen molar-refractivity contribution in [1.29, 1.82) is 5.26 Å². The van der Waals surface area contributed by atoms with E-state index in [2.05, 4.69) is 11.0 Å². The fourth-order valence-electron chi connectivity index (χ4n) is 2.91. The average Bonchev–Trinajstić information content (AvgIpc) is 2.31. The quantitative estimate of drug-likeness (QED) is 0.665. The second-order valence-electron chi connectivity index (χ2n) is 4.87. The molecule has 0 aromatic heterocycles. The second-order valence-corrected chi connectivity index (χ2v) is 4.87. The molecule has 0 aromatic carbocycles. The van der Waals surface area contributed by atoms with Crippen molar-refractivity contribution >= 4 is 0 Å². The number of piperidine rings is 1. The first-order chi connectivity index (χ1) is 7.27. The molecule has 0 unspecified atom stereocenters. The first-order valence-electron chi connectivity index (χ1n) is 6.07. The molecule has 15 heavy (non-hydrogen) atoms. The van der Waals surface area contributed by atoms with Gasteiger partial charge in [0.2, 0.25) is 0 Å². The summed E-state index contributed by atoms with van der Waals surface area (Å²) in [6, 6.07) is 2.51. The minimum atomic E-state index is -0.638. The van der Waals surface area contributed by atoms with Gasteiger partial charge in [-0.25, -0.2) is 4.39 Å². The molecule has 84 valence electrons. The average molecular weight is 210 g/mol. The minimum absolute atomic E-state index is 0.252. The van der Waals surface area contributed by atoms with Gasteiger partial charge < -0.3 is 0 Å². The topological polar surface area (TPSA) is 27.0 Å². The van der Waals surface area contributed by atoms with Crippen LogP contribution >= 0.6 is 0 Å². The van der Waals surface area contributed by atoms with Gasteiger partial charge in [-0.3, -0.25) is 4.90 Å². The van der Waals surface area contributed by atoms with E-state index < -0.39 is 6.17 Å². The van der Waals surface area contributed by atoms with E-state index in [0.29, 0.717) is 12.8 Å². The van der Waals surface area contributed by atoms with E-state index in [1.165, 1.54) is 6.42 Å². The summed E-state index contributed by atoms with van der Waals surface area (Å²) in [4.78, 5) is 2.24. The molecule has 0 bridgehead atoms. The fourth-order valence-corrected chi connectivity index (χ4v) is 2.91. The second kappa shape index (κ2) is 4.49. The first kappa shape index (κ1) is 10.9. The molecule has 1 saturated carbocycles. The summed E-state index contributed by atoms with van der Waals surface area (Å²) in [5, 5.41) is 9.37. The lowest BCUT2D eigenvalue weighted by atomic mass is 9.80. The Labute approximate surface area is 91.1 Å². The molecule has 3 heteroatoms. The lowest BCUT2D eigenvalue weighted by Crippen LogP contribution is -2.52. The normalized spacial score (nSPS) is 28.5. The minimum Gasteiger partial charge on any atom is -0.285 e. The van der Waals surface area contributed by atoms with Crippen molar-refractivity contribution in [3.8, 4) is 6.07 Å². The van der Waals surface area contributed by atoms with Crippen molar-refractivity contribution in [2.45, 2.75) is 56.7 Å². The standard InChI is InChI=1S/C12H19FN2/c13-11-4-8-15(9-5-11)12(10-14)6-2-1-3-7-12/h11H,1-9H2. The number of halogens is 1. The zero-order chi connectivity index (χ0) is 10.7. The summed E-state index contributed by atoms with van der Waals surface area (Å²) < 4.78 is 13.0. The molecule has 2 nitrogen and oxygen atoms in total. The van der Waals surface area contributed by atoms with Crippen molar-refractivity contribution in [3.63, 3.8) is 0 Å². The van der Waals surface area contributed by atoms with Crippen LogP contribution in [0.2, 0.25) is 0 Å². The van der Waals surface area contributed by atoms with Gasteiger partial charge in [-0.05, 0) is 25.7 Å². The van der Waals surface area contributed by atoms with E-state index in [1.807, 2.05) is 0 Å². The van der Waals surface area contributed by atoms with E-state index >= 15 is 0 Å². The summed E-state index contributed by atoms with van der Waals surface area (Å²) in [7, 11) is 0. The SMILES string of the molecule is N#CC1(N2CCC(F)CC2)CCCCC1. The highest BCUT2D eigenvalue weighted by Crippen LogP contribution is 2.35. The Morgan fingerprint density at radius 1 is 1.13 bits per heavy atom. The first-order valence-corrected chi connectivity index (χ1v) is 6.07. The lowest BCUT2D eigenvalue weighted by molar-refractivity contribution is 0.0508. The van der Waals surface area contributed by atoms with Gasteiger partial charge in [0.1, 0.15) is 11.7 Å². The third kappa shape index (κ3) is 2.15. The predicted molar refractivity (Wildman–Crippen MR) is 57.1 cm³/mol. The Bertz CT molecular complexity index is 245. The van der Waals surface area contributed by atoms with Crippen molar-refractivity contribution in [2.75, 3.05) is 13.1 Å². The maximum absolute atomic E-state index is 13.0. The molecule has 1 saturated heterocycles. The molecule has 0 radical (unpaired) electrons. The van der Waals surface area contributed by atoms with Gasteiger partial charge in [0.25, 0.3) is 0 Å². The monoisotopic (exact) mass is 210 g/mol. The molecule has 2 fully saturated rings. The van der Waals surface area contributed by atoms with Crippen molar-refractivity contribution in [2.24, 2.45) is 0 Å². The van der Waals surface area contributed by atoms with E-state index in [4.69, 9.17) is 0 Å². The third-order valence-corrected chi connectivity index (χ3v) is 3.92. The van der Waals surface area contributed by atoms with Crippen molar-refractivity contribution in [1.82, 2.24) is 4.90 Å². The molecule has 2 rings (SSSR count). The number of alkyl halides is 1. The zero-order valence-corrected chi connectivity index (χ0v) is 9.21. The van der Waals surface area contributed by atoms with Gasteiger partial charge in [-0.1, -0.05) is 19.3 Å². The van der Waals surface area contributed by atoms with Crippen LogP contribution in [0, 0.1) is 11.3 Å². The molecule has 0 N–H and O–H groups in total. The van der Waals surface area contributed by atoms with Crippen LogP contribution < -0.4 is 0 Å². The summed E-state index contributed by atoms with van der Waals surface area (Å²) in [5.74, 6) is 0. The highest BCUT2D eigenvalue weighted by atomic mass is 19.1. The van der Waals surface area contributed by atoms with Gasteiger partial charge in [0, 0.05) is 13.1 Å². The maximum Gasteiger partial charge on any atom is 0.109 e. The molecule has 1 heterocycles. The molecule has 2 aliphatic rings. The Morgan fingerprint density at radius 3 is 2.27 bits per heavy atom. The van der Waals surface area contributed by atoms with Crippen LogP contribution in [-0.2, 0) is 0 Å². The summed E-state index contributed by atoms with van der Waals surface area (Å²) in [6.45, 7) is 1.55. The van der Waals surface area contributed by atoms with Crippen LogP contribution in [0.3, 0.4) is 0 Å².